The van der Waals surface area contributed by atoms with Crippen molar-refractivity contribution < 1.29 is 9.84 Å². The van der Waals surface area contributed by atoms with Crippen molar-refractivity contribution in [2.75, 3.05) is 26.7 Å². The van der Waals surface area contributed by atoms with Crippen LogP contribution in [0.15, 0.2) is 48.5 Å². The van der Waals surface area contributed by atoms with Gasteiger partial charge in [-0.05, 0) is 62.2 Å². The second kappa shape index (κ2) is 8.40. The molecule has 1 aliphatic rings. The lowest BCUT2D eigenvalue weighted by atomic mass is 9.69. The molecule has 0 bridgehead atoms. The van der Waals surface area contributed by atoms with Crippen LogP contribution in [0, 0.1) is 5.41 Å². The van der Waals surface area contributed by atoms with Gasteiger partial charge in [0.15, 0.2) is 0 Å². The summed E-state index contributed by atoms with van der Waals surface area (Å²) in [5, 5.41) is 11.4. The lowest BCUT2D eigenvalue weighted by Gasteiger charge is -2.45. The zero-order valence-corrected chi connectivity index (χ0v) is 18.3. The van der Waals surface area contributed by atoms with E-state index < -0.39 is 5.60 Å². The molecule has 1 aromatic heterocycles. The second-order valence-electron chi connectivity index (χ2n) is 9.35. The zero-order valence-electron chi connectivity index (χ0n) is 18.3. The lowest BCUT2D eigenvalue weighted by Crippen LogP contribution is -2.53. The van der Waals surface area contributed by atoms with Gasteiger partial charge < -0.3 is 19.7 Å². The molecule has 0 aliphatic carbocycles. The Bertz CT molecular complexity index is 964. The van der Waals surface area contributed by atoms with Crippen LogP contribution in [0.25, 0.3) is 11.0 Å². The summed E-state index contributed by atoms with van der Waals surface area (Å²) in [7, 11) is 2.16. The molecular formula is C25H33N3O2. The molecule has 0 amide bonds. The molecule has 2 N–H and O–H groups in total. The maximum absolute atomic E-state index is 11.4. The van der Waals surface area contributed by atoms with Crippen molar-refractivity contribution in [1.29, 1.82) is 0 Å². The molecule has 0 spiro atoms. The number of benzene rings is 2. The van der Waals surface area contributed by atoms with Gasteiger partial charge in [-0.3, -0.25) is 0 Å². The third-order valence-corrected chi connectivity index (χ3v) is 6.69. The van der Waals surface area contributed by atoms with E-state index in [9.17, 15) is 5.11 Å². The first-order chi connectivity index (χ1) is 14.4. The van der Waals surface area contributed by atoms with Crippen LogP contribution in [0.1, 0.15) is 38.1 Å². The number of hydrogen-bond acceptors (Lipinski definition) is 4. The minimum Gasteiger partial charge on any atom is -0.490 e. The number of aromatic amines is 1. The number of ether oxygens (including phenoxy) is 1. The average Bonchev–Trinajstić information content (AvgIpc) is 3.15. The van der Waals surface area contributed by atoms with Gasteiger partial charge >= 0.3 is 0 Å². The van der Waals surface area contributed by atoms with Gasteiger partial charge in [0.2, 0.25) is 0 Å². The summed E-state index contributed by atoms with van der Waals surface area (Å²) in [5.41, 5.74) is 2.14. The predicted octanol–water partition coefficient (Wildman–Crippen LogP) is 4.21. The van der Waals surface area contributed by atoms with Crippen molar-refractivity contribution in [3.8, 4) is 5.75 Å². The van der Waals surface area contributed by atoms with Crippen LogP contribution in [-0.4, -0.2) is 52.3 Å². The van der Waals surface area contributed by atoms with Gasteiger partial charge in [0, 0.05) is 12.8 Å². The molecule has 3 aromatic rings. The van der Waals surface area contributed by atoms with E-state index >= 15 is 0 Å². The topological polar surface area (TPSA) is 61.4 Å². The van der Waals surface area contributed by atoms with Crippen LogP contribution >= 0.6 is 0 Å². The van der Waals surface area contributed by atoms with Gasteiger partial charge in [0.05, 0.1) is 11.0 Å². The zero-order chi connectivity index (χ0) is 21.2. The lowest BCUT2D eigenvalue weighted by molar-refractivity contribution is -0.109. The smallest absolute Gasteiger partial charge is 0.122 e. The Morgan fingerprint density at radius 1 is 1.13 bits per heavy atom. The van der Waals surface area contributed by atoms with Crippen molar-refractivity contribution in [3.05, 3.63) is 59.9 Å². The summed E-state index contributed by atoms with van der Waals surface area (Å²) in [6, 6.07) is 16.2. The Labute approximate surface area is 179 Å². The number of imidazole rings is 1. The van der Waals surface area contributed by atoms with Gasteiger partial charge in [-0.25, -0.2) is 4.98 Å². The molecule has 1 aliphatic heterocycles. The van der Waals surface area contributed by atoms with Gasteiger partial charge in [0.1, 0.15) is 23.8 Å². The minimum absolute atomic E-state index is 0.243. The van der Waals surface area contributed by atoms with E-state index in [2.05, 4.69) is 47.9 Å². The minimum atomic E-state index is -0.851. The number of aryl methyl sites for hydroxylation is 1. The maximum Gasteiger partial charge on any atom is 0.122 e. The highest BCUT2D eigenvalue weighted by molar-refractivity contribution is 5.74. The number of para-hydroxylation sites is 3. The van der Waals surface area contributed by atoms with E-state index in [0.29, 0.717) is 13.0 Å². The Kier molecular flexibility index (Phi) is 5.85. The molecule has 1 atom stereocenters. The molecule has 4 rings (SSSR count). The van der Waals surface area contributed by atoms with E-state index in [-0.39, 0.29) is 5.41 Å². The van der Waals surface area contributed by atoms with E-state index in [1.807, 2.05) is 36.4 Å². The Hall–Kier alpha value is -2.37. The fourth-order valence-electron chi connectivity index (χ4n) is 4.24. The highest BCUT2D eigenvalue weighted by Gasteiger charge is 2.46. The average molecular weight is 408 g/mol. The maximum atomic E-state index is 11.4. The highest BCUT2D eigenvalue weighted by atomic mass is 16.5. The summed E-state index contributed by atoms with van der Waals surface area (Å²) in [5.74, 6) is 1.96. The first-order valence-corrected chi connectivity index (χ1v) is 10.9. The third kappa shape index (κ3) is 4.37. The first-order valence-electron chi connectivity index (χ1n) is 10.9. The first kappa shape index (κ1) is 20.9. The summed E-state index contributed by atoms with van der Waals surface area (Å²) in [4.78, 5) is 10.4. The largest absolute Gasteiger partial charge is 0.490 e. The number of aliphatic hydroxyl groups is 1. The Balaban J connectivity index is 1.27. The highest BCUT2D eigenvalue weighted by Crippen LogP contribution is 2.42. The van der Waals surface area contributed by atoms with Crippen LogP contribution in [0.4, 0.5) is 0 Å². The number of nitrogens with zero attached hydrogens (tertiary/aromatic N) is 2. The number of aromatic nitrogens is 2. The number of hydrogen-bond donors (Lipinski definition) is 2. The van der Waals surface area contributed by atoms with Crippen molar-refractivity contribution in [3.63, 3.8) is 0 Å². The summed E-state index contributed by atoms with van der Waals surface area (Å²) >= 11 is 0. The molecule has 2 heterocycles. The fourth-order valence-corrected chi connectivity index (χ4v) is 4.24. The molecular weight excluding hydrogens is 374 g/mol. The van der Waals surface area contributed by atoms with Crippen molar-refractivity contribution in [1.82, 2.24) is 14.9 Å². The molecule has 0 saturated carbocycles. The second-order valence-corrected chi connectivity index (χ2v) is 9.35. The van der Waals surface area contributed by atoms with Gasteiger partial charge in [0.25, 0.3) is 0 Å². The molecule has 0 radical (unpaired) electrons. The van der Waals surface area contributed by atoms with Crippen molar-refractivity contribution in [2.24, 2.45) is 5.41 Å². The molecule has 1 unspecified atom stereocenters. The van der Waals surface area contributed by atoms with Crippen LogP contribution in [0.2, 0.25) is 0 Å². The number of H-pyrrole nitrogens is 1. The van der Waals surface area contributed by atoms with E-state index in [1.54, 1.807) is 0 Å². The van der Waals surface area contributed by atoms with Crippen LogP contribution in [-0.2, 0) is 12.8 Å². The Morgan fingerprint density at radius 2 is 1.90 bits per heavy atom. The molecule has 5 heteroatoms. The monoisotopic (exact) mass is 407 g/mol. The van der Waals surface area contributed by atoms with E-state index in [4.69, 9.17) is 4.74 Å². The number of rotatable bonds is 8. The fraction of sp³-hybridized carbons (Fsp3) is 0.480. The number of fused-ring (bicyclic) bond motifs is 2. The molecule has 30 heavy (non-hydrogen) atoms. The normalized spacial score (nSPS) is 19.1. The van der Waals surface area contributed by atoms with Gasteiger partial charge in [-0.1, -0.05) is 44.2 Å². The summed E-state index contributed by atoms with van der Waals surface area (Å²) in [6.07, 6.45) is 3.55. The van der Waals surface area contributed by atoms with Crippen molar-refractivity contribution in [2.45, 2.75) is 45.1 Å². The molecule has 2 aromatic carbocycles. The van der Waals surface area contributed by atoms with Gasteiger partial charge in [-0.2, -0.15) is 0 Å². The van der Waals surface area contributed by atoms with E-state index in [1.165, 1.54) is 0 Å². The van der Waals surface area contributed by atoms with Crippen LogP contribution < -0.4 is 4.74 Å². The number of nitrogens with one attached hydrogen (secondary N) is 1. The van der Waals surface area contributed by atoms with Gasteiger partial charge in [-0.15, -0.1) is 0 Å². The molecule has 5 nitrogen and oxygen atoms in total. The SMILES string of the molecule is CN(CCCc1nc2ccccc2[nH]1)CCC(C)(C)C1(O)COc2ccccc2C1. The quantitative estimate of drug-likeness (QED) is 0.587. The summed E-state index contributed by atoms with van der Waals surface area (Å²) in [6.45, 7) is 6.62. The summed E-state index contributed by atoms with van der Waals surface area (Å²) < 4.78 is 5.90. The Morgan fingerprint density at radius 3 is 2.73 bits per heavy atom. The molecule has 160 valence electrons. The van der Waals surface area contributed by atoms with Crippen molar-refractivity contribution >= 4 is 11.0 Å². The standard InChI is InChI=1S/C25H33N3O2/c1-24(2,25(29)17-19-9-4-7-12-22(19)30-18-25)14-16-28(3)15-8-13-23-26-20-10-5-6-11-21(20)27-23/h4-7,9-12,29H,8,13-18H2,1-3H3,(H,26,27). The van der Waals surface area contributed by atoms with Crippen LogP contribution in [0.5, 0.6) is 5.75 Å². The predicted molar refractivity (Wildman–Crippen MR) is 121 cm³/mol. The third-order valence-electron chi connectivity index (χ3n) is 6.69. The molecule has 0 fully saturated rings. The molecule has 0 saturated heterocycles. The van der Waals surface area contributed by atoms with E-state index in [0.717, 1.165) is 60.5 Å². The van der Waals surface area contributed by atoms with Crippen LogP contribution in [0.3, 0.4) is 0 Å².